The first-order valence-corrected chi connectivity index (χ1v) is 7.69. The van der Waals surface area contributed by atoms with E-state index in [4.69, 9.17) is 9.47 Å². The Hall–Kier alpha value is -2.14. The van der Waals surface area contributed by atoms with Gasteiger partial charge in [-0.15, -0.1) is 0 Å². The van der Waals surface area contributed by atoms with Gasteiger partial charge in [-0.2, -0.15) is 0 Å². The number of benzene rings is 1. The largest absolute Gasteiger partial charge is 0.496 e. The van der Waals surface area contributed by atoms with Crippen molar-refractivity contribution in [2.75, 3.05) is 14.2 Å². The minimum Gasteiger partial charge on any atom is -0.496 e. The number of esters is 1. The Labute approximate surface area is 133 Å². The van der Waals surface area contributed by atoms with E-state index in [9.17, 15) is 14.7 Å². The van der Waals surface area contributed by atoms with Crippen LogP contribution in [-0.4, -0.2) is 36.7 Å². The van der Waals surface area contributed by atoms with Crippen LogP contribution in [0.5, 0.6) is 5.75 Å². The van der Waals surface area contributed by atoms with Gasteiger partial charge in [-0.25, -0.2) is 4.79 Å². The summed E-state index contributed by atoms with van der Waals surface area (Å²) in [5.74, 6) is -0.0529. The summed E-state index contributed by atoms with van der Waals surface area (Å²) in [5, 5.41) is 10.5. The third-order valence-electron chi connectivity index (χ3n) is 5.55. The van der Waals surface area contributed by atoms with E-state index in [0.717, 1.165) is 16.7 Å². The van der Waals surface area contributed by atoms with Gasteiger partial charge < -0.3 is 14.6 Å². The second kappa shape index (κ2) is 4.45. The van der Waals surface area contributed by atoms with Gasteiger partial charge in [0, 0.05) is 18.3 Å². The van der Waals surface area contributed by atoms with E-state index in [1.54, 1.807) is 6.07 Å². The van der Waals surface area contributed by atoms with Crippen molar-refractivity contribution in [3.05, 3.63) is 34.9 Å². The summed E-state index contributed by atoms with van der Waals surface area (Å²) < 4.78 is 10.2. The smallest absolute Gasteiger partial charge is 0.341 e. The van der Waals surface area contributed by atoms with E-state index in [1.807, 2.05) is 12.1 Å². The molecule has 0 saturated heterocycles. The molecule has 0 radical (unpaired) electrons. The van der Waals surface area contributed by atoms with Crippen LogP contribution in [-0.2, 0) is 16.0 Å². The number of hydrogen-bond donors (Lipinski definition) is 1. The minimum absolute atomic E-state index is 0.0943. The molecule has 1 aromatic rings. The summed E-state index contributed by atoms with van der Waals surface area (Å²) in [6, 6.07) is 3.71. The molecular formula is C18H18O5. The molecule has 2 unspecified atom stereocenters. The molecule has 1 fully saturated rings. The molecule has 1 N–H and O–H groups in total. The van der Waals surface area contributed by atoms with Gasteiger partial charge in [-0.1, -0.05) is 12.1 Å². The molecule has 23 heavy (non-hydrogen) atoms. The van der Waals surface area contributed by atoms with Gasteiger partial charge in [-0.05, 0) is 35.6 Å². The lowest BCUT2D eigenvalue weighted by atomic mass is 9.73. The molecule has 1 saturated carbocycles. The number of carbonyl (C=O) groups is 2. The zero-order valence-electron chi connectivity index (χ0n) is 13.1. The zero-order chi connectivity index (χ0) is 16.4. The molecule has 0 aliphatic heterocycles. The maximum Gasteiger partial charge on any atom is 0.341 e. The average molecular weight is 314 g/mol. The first kappa shape index (κ1) is 14.5. The number of fused-ring (bicyclic) bond motifs is 3. The van der Waals surface area contributed by atoms with Crippen LogP contribution in [0.25, 0.3) is 5.57 Å². The normalized spacial score (nSPS) is 30.6. The monoisotopic (exact) mass is 314 g/mol. The van der Waals surface area contributed by atoms with Gasteiger partial charge in [0.1, 0.15) is 16.9 Å². The number of hydrogen-bond acceptors (Lipinski definition) is 5. The van der Waals surface area contributed by atoms with E-state index < -0.39 is 11.6 Å². The molecular weight excluding hydrogens is 296 g/mol. The predicted molar refractivity (Wildman–Crippen MR) is 82.3 cm³/mol. The van der Waals surface area contributed by atoms with Crippen molar-refractivity contribution in [3.63, 3.8) is 0 Å². The van der Waals surface area contributed by atoms with Crippen molar-refractivity contribution in [3.8, 4) is 5.75 Å². The fraction of sp³-hybridized carbons (Fsp3) is 0.444. The summed E-state index contributed by atoms with van der Waals surface area (Å²) in [4.78, 5) is 24.5. The highest BCUT2D eigenvalue weighted by Gasteiger charge is 2.60. The van der Waals surface area contributed by atoms with Crippen molar-refractivity contribution < 1.29 is 24.2 Å². The fourth-order valence-corrected chi connectivity index (χ4v) is 4.57. The van der Waals surface area contributed by atoms with Crippen LogP contribution < -0.4 is 4.74 Å². The van der Waals surface area contributed by atoms with Gasteiger partial charge in [-0.3, -0.25) is 4.79 Å². The first-order chi connectivity index (χ1) is 10.9. The second-order valence-corrected chi connectivity index (χ2v) is 6.75. The number of allylic oxidation sites excluding steroid dienone is 1. The van der Waals surface area contributed by atoms with Crippen LogP contribution in [0.3, 0.4) is 0 Å². The predicted octanol–water partition coefficient (Wildman–Crippen LogP) is 1.91. The molecule has 1 spiro atoms. The van der Waals surface area contributed by atoms with E-state index >= 15 is 0 Å². The summed E-state index contributed by atoms with van der Waals surface area (Å²) >= 11 is 0. The molecule has 120 valence electrons. The molecule has 5 heteroatoms. The van der Waals surface area contributed by atoms with Crippen LogP contribution in [0.1, 0.15) is 40.7 Å². The SMILES string of the molecule is COC(=O)c1c(OC)ccc2c1CC13CC(=O)C(O)(CC=C21)C3. The number of methoxy groups -OCH3 is 2. The molecule has 4 rings (SSSR count). The van der Waals surface area contributed by atoms with Crippen LogP contribution in [0, 0.1) is 5.41 Å². The Morgan fingerprint density at radius 2 is 2.04 bits per heavy atom. The van der Waals surface area contributed by atoms with Crippen molar-refractivity contribution >= 4 is 17.3 Å². The first-order valence-electron chi connectivity index (χ1n) is 7.69. The van der Waals surface area contributed by atoms with Crippen molar-refractivity contribution in [2.24, 2.45) is 5.41 Å². The molecule has 3 aliphatic rings. The molecule has 1 aromatic carbocycles. The highest BCUT2D eigenvalue weighted by molar-refractivity contribution is 6.01. The summed E-state index contributed by atoms with van der Waals surface area (Å²) in [5.41, 5.74) is 1.73. The summed E-state index contributed by atoms with van der Waals surface area (Å²) in [6.07, 6.45) is 3.63. The molecule has 5 nitrogen and oxygen atoms in total. The number of aliphatic hydroxyl groups is 1. The standard InChI is InChI=1S/C18H18O5/c1-22-13-4-3-10-11(15(13)16(20)23-2)7-17-8-14(19)18(21,9-17)6-5-12(10)17/h3-5,21H,6-9H2,1-2H3. The van der Waals surface area contributed by atoms with E-state index in [1.165, 1.54) is 14.2 Å². The second-order valence-electron chi connectivity index (χ2n) is 6.75. The van der Waals surface area contributed by atoms with E-state index in [-0.39, 0.29) is 11.2 Å². The molecule has 0 amide bonds. The van der Waals surface area contributed by atoms with Crippen molar-refractivity contribution in [1.29, 1.82) is 0 Å². The zero-order valence-corrected chi connectivity index (χ0v) is 13.1. The number of carbonyl (C=O) groups excluding carboxylic acids is 2. The van der Waals surface area contributed by atoms with Gasteiger partial charge in [0.15, 0.2) is 5.78 Å². The molecule has 0 heterocycles. The third-order valence-corrected chi connectivity index (χ3v) is 5.55. The Bertz CT molecular complexity index is 778. The molecule has 2 bridgehead atoms. The quantitative estimate of drug-likeness (QED) is 0.844. The van der Waals surface area contributed by atoms with Crippen molar-refractivity contribution in [1.82, 2.24) is 0 Å². The van der Waals surface area contributed by atoms with Crippen LogP contribution in [0.15, 0.2) is 18.2 Å². The van der Waals surface area contributed by atoms with Gasteiger partial charge >= 0.3 is 5.97 Å². The Balaban J connectivity index is 1.91. The Morgan fingerprint density at radius 3 is 2.74 bits per heavy atom. The summed E-state index contributed by atoms with van der Waals surface area (Å²) in [6.45, 7) is 0. The van der Waals surface area contributed by atoms with E-state index in [0.29, 0.717) is 37.0 Å². The lowest BCUT2D eigenvalue weighted by Gasteiger charge is -2.32. The molecule has 0 aromatic heterocycles. The third kappa shape index (κ3) is 1.71. The maximum absolute atomic E-state index is 12.3. The lowest BCUT2D eigenvalue weighted by molar-refractivity contribution is -0.132. The van der Waals surface area contributed by atoms with Gasteiger partial charge in [0.25, 0.3) is 0 Å². The minimum atomic E-state index is -1.24. The molecule has 2 atom stereocenters. The fourth-order valence-electron chi connectivity index (χ4n) is 4.57. The van der Waals surface area contributed by atoms with Crippen LogP contribution >= 0.6 is 0 Å². The number of ketones is 1. The van der Waals surface area contributed by atoms with Gasteiger partial charge in [0.05, 0.1) is 14.2 Å². The van der Waals surface area contributed by atoms with E-state index in [2.05, 4.69) is 0 Å². The average Bonchev–Trinajstić information content (AvgIpc) is 2.94. The number of Topliss-reactive ketones (excluding diaryl/α,β-unsaturated/α-hetero) is 1. The van der Waals surface area contributed by atoms with Crippen molar-refractivity contribution in [2.45, 2.75) is 31.3 Å². The van der Waals surface area contributed by atoms with Crippen LogP contribution in [0.4, 0.5) is 0 Å². The van der Waals surface area contributed by atoms with Crippen LogP contribution in [0.2, 0.25) is 0 Å². The number of rotatable bonds is 2. The lowest BCUT2D eigenvalue weighted by Crippen LogP contribution is -2.35. The molecule has 3 aliphatic carbocycles. The highest BCUT2D eigenvalue weighted by Crippen LogP contribution is 2.62. The maximum atomic E-state index is 12.3. The summed E-state index contributed by atoms with van der Waals surface area (Å²) in [7, 11) is 2.87. The Kier molecular flexibility index (Phi) is 2.79. The van der Waals surface area contributed by atoms with Gasteiger partial charge in [0.2, 0.25) is 0 Å². The number of ether oxygens (including phenoxy) is 2. The Morgan fingerprint density at radius 1 is 1.26 bits per heavy atom. The highest BCUT2D eigenvalue weighted by atomic mass is 16.5. The topological polar surface area (TPSA) is 72.8 Å².